The minimum absolute atomic E-state index is 0.190. The van der Waals surface area contributed by atoms with Crippen molar-refractivity contribution in [2.75, 3.05) is 19.6 Å². The summed E-state index contributed by atoms with van der Waals surface area (Å²) in [6.07, 6.45) is 9.45. The molecule has 0 aromatic rings. The van der Waals surface area contributed by atoms with Gasteiger partial charge >= 0.3 is 0 Å². The molecule has 0 aromatic carbocycles. The minimum Gasteiger partial charge on any atom is -0.302 e. The summed E-state index contributed by atoms with van der Waals surface area (Å²) < 4.78 is 0. The van der Waals surface area contributed by atoms with E-state index in [0.29, 0.717) is 6.04 Å². The largest absolute Gasteiger partial charge is 0.302 e. The maximum absolute atomic E-state index is 5.33. The first-order chi connectivity index (χ1) is 6.72. The first-order valence-electron chi connectivity index (χ1n) is 5.67. The number of rotatable bonds is 4. The second-order valence-electron chi connectivity index (χ2n) is 4.32. The Kier molecular flexibility index (Phi) is 5.00. The van der Waals surface area contributed by atoms with Gasteiger partial charge in [0.2, 0.25) is 0 Å². The lowest BCUT2D eigenvalue weighted by Crippen LogP contribution is -2.44. The number of hydrogen-bond donors (Lipinski definition) is 1. The molecule has 1 saturated heterocycles. The molecule has 1 aliphatic heterocycles. The molecule has 1 aliphatic rings. The van der Waals surface area contributed by atoms with Crippen LogP contribution in [0.4, 0.5) is 0 Å². The van der Waals surface area contributed by atoms with Crippen molar-refractivity contribution >= 4 is 0 Å². The zero-order valence-corrected chi connectivity index (χ0v) is 9.42. The molecule has 0 spiro atoms. The standard InChI is InChI=1S/C12H22N2/c1-4-11(2)13-12(3)10-14-8-6-5-7-9-14/h1,11-13H,5-10H2,2-3H3. The van der Waals surface area contributed by atoms with E-state index in [1.54, 1.807) is 0 Å². The van der Waals surface area contributed by atoms with Crippen LogP contribution >= 0.6 is 0 Å². The van der Waals surface area contributed by atoms with Gasteiger partial charge in [-0.1, -0.05) is 12.3 Å². The molecule has 0 radical (unpaired) electrons. The fourth-order valence-electron chi connectivity index (χ4n) is 2.06. The van der Waals surface area contributed by atoms with Crippen molar-refractivity contribution in [1.29, 1.82) is 0 Å². The molecule has 80 valence electrons. The number of hydrogen-bond acceptors (Lipinski definition) is 2. The van der Waals surface area contributed by atoms with E-state index < -0.39 is 0 Å². The Morgan fingerprint density at radius 2 is 1.93 bits per heavy atom. The van der Waals surface area contributed by atoms with Crippen LogP contribution in [-0.4, -0.2) is 36.6 Å². The molecule has 0 amide bonds. The van der Waals surface area contributed by atoms with Gasteiger partial charge in [-0.3, -0.25) is 0 Å². The third-order valence-corrected chi connectivity index (χ3v) is 2.77. The van der Waals surface area contributed by atoms with E-state index in [1.807, 2.05) is 6.92 Å². The lowest BCUT2D eigenvalue weighted by atomic mass is 10.1. The van der Waals surface area contributed by atoms with Gasteiger partial charge in [0.05, 0.1) is 6.04 Å². The number of likely N-dealkylation sites (tertiary alicyclic amines) is 1. The van der Waals surface area contributed by atoms with Gasteiger partial charge in [-0.25, -0.2) is 0 Å². The molecule has 1 N–H and O–H groups in total. The fraction of sp³-hybridized carbons (Fsp3) is 0.833. The number of nitrogens with one attached hydrogen (secondary N) is 1. The maximum Gasteiger partial charge on any atom is 0.0660 e. The minimum atomic E-state index is 0.190. The first kappa shape index (κ1) is 11.6. The maximum atomic E-state index is 5.33. The first-order valence-corrected chi connectivity index (χ1v) is 5.67. The Morgan fingerprint density at radius 3 is 2.50 bits per heavy atom. The van der Waals surface area contributed by atoms with E-state index in [0.717, 1.165) is 6.54 Å². The predicted molar refractivity (Wildman–Crippen MR) is 61.2 cm³/mol. The molecular formula is C12H22N2. The van der Waals surface area contributed by atoms with E-state index in [9.17, 15) is 0 Å². The molecule has 0 aliphatic carbocycles. The molecule has 14 heavy (non-hydrogen) atoms. The van der Waals surface area contributed by atoms with Gasteiger partial charge in [-0.15, -0.1) is 6.42 Å². The van der Waals surface area contributed by atoms with Crippen molar-refractivity contribution in [1.82, 2.24) is 10.2 Å². The van der Waals surface area contributed by atoms with Crippen molar-refractivity contribution in [2.24, 2.45) is 0 Å². The van der Waals surface area contributed by atoms with E-state index in [1.165, 1.54) is 32.4 Å². The Bertz CT molecular complexity index is 189. The molecular weight excluding hydrogens is 172 g/mol. The van der Waals surface area contributed by atoms with Crippen molar-refractivity contribution < 1.29 is 0 Å². The van der Waals surface area contributed by atoms with Crippen molar-refractivity contribution in [3.8, 4) is 12.3 Å². The van der Waals surface area contributed by atoms with Gasteiger partial charge in [0, 0.05) is 12.6 Å². The summed E-state index contributed by atoms with van der Waals surface area (Å²) in [6, 6.07) is 0.689. The normalized spacial score (nSPS) is 22.6. The molecule has 2 nitrogen and oxygen atoms in total. The van der Waals surface area contributed by atoms with Crippen LogP contribution < -0.4 is 5.32 Å². The number of nitrogens with zero attached hydrogens (tertiary/aromatic N) is 1. The van der Waals surface area contributed by atoms with E-state index in [4.69, 9.17) is 6.42 Å². The van der Waals surface area contributed by atoms with Crippen LogP contribution in [0.3, 0.4) is 0 Å². The fourth-order valence-corrected chi connectivity index (χ4v) is 2.06. The summed E-state index contributed by atoms with van der Waals surface area (Å²) in [6.45, 7) is 7.90. The predicted octanol–water partition coefficient (Wildman–Crippen LogP) is 1.47. The SMILES string of the molecule is C#CC(C)NC(C)CN1CCCCC1. The highest BCUT2D eigenvalue weighted by Crippen LogP contribution is 2.08. The summed E-state index contributed by atoms with van der Waals surface area (Å²) in [5.41, 5.74) is 0. The second-order valence-corrected chi connectivity index (χ2v) is 4.32. The van der Waals surface area contributed by atoms with Gasteiger partial charge in [0.15, 0.2) is 0 Å². The molecule has 0 aromatic heterocycles. The summed E-state index contributed by atoms with van der Waals surface area (Å²) in [7, 11) is 0. The molecule has 1 heterocycles. The van der Waals surface area contributed by atoms with Crippen LogP contribution in [0, 0.1) is 12.3 Å². The summed E-state index contributed by atoms with van der Waals surface area (Å²) in [4.78, 5) is 2.53. The molecule has 2 unspecified atom stereocenters. The zero-order chi connectivity index (χ0) is 10.4. The Hall–Kier alpha value is -0.520. The van der Waals surface area contributed by atoms with Gasteiger partial charge in [-0.2, -0.15) is 0 Å². The smallest absolute Gasteiger partial charge is 0.0660 e. The number of piperidine rings is 1. The van der Waals surface area contributed by atoms with Crippen LogP contribution in [0.15, 0.2) is 0 Å². The van der Waals surface area contributed by atoms with Gasteiger partial charge in [0.1, 0.15) is 0 Å². The highest BCUT2D eigenvalue weighted by atomic mass is 15.2. The van der Waals surface area contributed by atoms with Crippen molar-refractivity contribution in [2.45, 2.75) is 45.2 Å². The lowest BCUT2D eigenvalue weighted by Gasteiger charge is -2.30. The zero-order valence-electron chi connectivity index (χ0n) is 9.42. The van der Waals surface area contributed by atoms with Gasteiger partial charge in [-0.05, 0) is 39.8 Å². The van der Waals surface area contributed by atoms with Crippen LogP contribution in [0.5, 0.6) is 0 Å². The van der Waals surface area contributed by atoms with E-state index in [-0.39, 0.29) is 6.04 Å². The monoisotopic (exact) mass is 194 g/mol. The molecule has 2 heteroatoms. The molecule has 0 bridgehead atoms. The van der Waals surface area contributed by atoms with E-state index in [2.05, 4.69) is 23.1 Å². The molecule has 1 fully saturated rings. The molecule has 2 atom stereocenters. The topological polar surface area (TPSA) is 15.3 Å². The Balaban J connectivity index is 2.18. The van der Waals surface area contributed by atoms with Crippen molar-refractivity contribution in [3.05, 3.63) is 0 Å². The van der Waals surface area contributed by atoms with Crippen LogP contribution in [0.2, 0.25) is 0 Å². The van der Waals surface area contributed by atoms with Crippen molar-refractivity contribution in [3.63, 3.8) is 0 Å². The second kappa shape index (κ2) is 6.06. The molecule has 0 saturated carbocycles. The number of terminal acetylenes is 1. The summed E-state index contributed by atoms with van der Waals surface area (Å²) in [5, 5.41) is 3.40. The quantitative estimate of drug-likeness (QED) is 0.682. The van der Waals surface area contributed by atoms with Gasteiger partial charge in [0.25, 0.3) is 0 Å². The average Bonchev–Trinajstić information content (AvgIpc) is 2.19. The third-order valence-electron chi connectivity index (χ3n) is 2.77. The third kappa shape index (κ3) is 4.13. The summed E-state index contributed by atoms with van der Waals surface area (Å²) >= 11 is 0. The van der Waals surface area contributed by atoms with E-state index >= 15 is 0 Å². The lowest BCUT2D eigenvalue weighted by molar-refractivity contribution is 0.208. The highest BCUT2D eigenvalue weighted by molar-refractivity contribution is 4.96. The Morgan fingerprint density at radius 1 is 1.29 bits per heavy atom. The molecule has 1 rings (SSSR count). The van der Waals surface area contributed by atoms with Gasteiger partial charge < -0.3 is 10.2 Å². The highest BCUT2D eigenvalue weighted by Gasteiger charge is 2.13. The Labute approximate surface area is 88.1 Å². The summed E-state index contributed by atoms with van der Waals surface area (Å²) in [5.74, 6) is 2.70. The van der Waals surface area contributed by atoms with Crippen LogP contribution in [0.1, 0.15) is 33.1 Å². The van der Waals surface area contributed by atoms with Crippen LogP contribution in [-0.2, 0) is 0 Å². The average molecular weight is 194 g/mol. The van der Waals surface area contributed by atoms with Crippen LogP contribution in [0.25, 0.3) is 0 Å².